The topological polar surface area (TPSA) is 67.7 Å². The molecule has 33 heavy (non-hydrogen) atoms. The first-order valence-electron chi connectivity index (χ1n) is 11.3. The van der Waals surface area contributed by atoms with Gasteiger partial charge in [0.25, 0.3) is 0 Å². The molecule has 1 fully saturated rings. The van der Waals surface area contributed by atoms with Crippen LogP contribution in [0.1, 0.15) is 24.8 Å². The monoisotopic (exact) mass is 448 g/mol. The van der Waals surface area contributed by atoms with Gasteiger partial charge in [0, 0.05) is 24.2 Å². The van der Waals surface area contributed by atoms with Gasteiger partial charge in [-0.3, -0.25) is 0 Å². The third kappa shape index (κ3) is 4.85. The van der Waals surface area contributed by atoms with E-state index in [2.05, 4.69) is 20.2 Å². The number of anilines is 1. The Bertz CT molecular complexity index is 1250. The van der Waals surface area contributed by atoms with Crippen LogP contribution in [0.15, 0.2) is 54.7 Å². The van der Waals surface area contributed by atoms with Gasteiger partial charge < -0.3 is 15.2 Å². The van der Waals surface area contributed by atoms with E-state index in [0.29, 0.717) is 40.0 Å². The van der Waals surface area contributed by atoms with E-state index in [-0.39, 0.29) is 18.2 Å². The molecule has 0 saturated carbocycles. The second-order valence-electron chi connectivity index (χ2n) is 8.43. The SMILES string of the molecule is Fc1cccc(-c2nc3cnc(NCc4ccccc4F)nc3n2CCC2CCNCC2)c1. The number of aryl methyl sites for hydroxylation is 1. The van der Waals surface area contributed by atoms with Crippen LogP contribution >= 0.6 is 0 Å². The molecule has 1 aliphatic rings. The number of benzene rings is 2. The Morgan fingerprint density at radius 2 is 1.88 bits per heavy atom. The predicted octanol–water partition coefficient (Wildman–Crippen LogP) is 4.77. The van der Waals surface area contributed by atoms with E-state index < -0.39 is 0 Å². The number of hydrogen-bond acceptors (Lipinski definition) is 5. The van der Waals surface area contributed by atoms with E-state index >= 15 is 0 Å². The Labute approximate surface area is 191 Å². The minimum Gasteiger partial charge on any atom is -0.350 e. The first-order valence-corrected chi connectivity index (χ1v) is 11.3. The Morgan fingerprint density at radius 1 is 1.03 bits per heavy atom. The van der Waals surface area contributed by atoms with E-state index in [0.717, 1.165) is 38.9 Å². The average Bonchev–Trinajstić information content (AvgIpc) is 3.21. The highest BCUT2D eigenvalue weighted by Crippen LogP contribution is 2.27. The number of rotatable bonds is 7. The van der Waals surface area contributed by atoms with Crippen LogP contribution < -0.4 is 10.6 Å². The molecule has 0 bridgehead atoms. The van der Waals surface area contributed by atoms with Crippen molar-refractivity contribution in [1.29, 1.82) is 0 Å². The van der Waals surface area contributed by atoms with Gasteiger partial charge in [0.05, 0.1) is 6.20 Å². The summed E-state index contributed by atoms with van der Waals surface area (Å²) >= 11 is 0. The van der Waals surface area contributed by atoms with Crippen LogP contribution in [-0.2, 0) is 13.1 Å². The first kappa shape index (κ1) is 21.5. The maximum absolute atomic E-state index is 14.0. The molecule has 170 valence electrons. The van der Waals surface area contributed by atoms with Crippen LogP contribution in [0.4, 0.5) is 14.7 Å². The lowest BCUT2D eigenvalue weighted by atomic mass is 9.95. The zero-order valence-electron chi connectivity index (χ0n) is 18.3. The lowest BCUT2D eigenvalue weighted by molar-refractivity contribution is 0.339. The minimum absolute atomic E-state index is 0.272. The third-order valence-corrected chi connectivity index (χ3v) is 6.19. The zero-order chi connectivity index (χ0) is 22.6. The van der Waals surface area contributed by atoms with Gasteiger partial charge in [-0.1, -0.05) is 30.3 Å². The van der Waals surface area contributed by atoms with Crippen molar-refractivity contribution in [3.05, 3.63) is 71.9 Å². The summed E-state index contributed by atoms with van der Waals surface area (Å²) in [5, 5.41) is 6.52. The van der Waals surface area contributed by atoms with E-state index in [1.165, 1.54) is 18.2 Å². The maximum Gasteiger partial charge on any atom is 0.225 e. The van der Waals surface area contributed by atoms with Crippen molar-refractivity contribution >= 4 is 17.1 Å². The molecule has 0 aliphatic carbocycles. The van der Waals surface area contributed by atoms with Crippen LogP contribution in [0, 0.1) is 17.6 Å². The molecule has 3 heterocycles. The molecule has 0 atom stereocenters. The Morgan fingerprint density at radius 3 is 2.70 bits per heavy atom. The standard InChI is InChI=1S/C25H26F2N6/c26-20-6-3-5-18(14-20)23-31-22-16-30-25(29-15-19-4-1-2-7-21(19)27)32-24(22)33(23)13-10-17-8-11-28-12-9-17/h1-7,14,16-17,28H,8-13,15H2,(H,29,30,32). The van der Waals surface area contributed by atoms with Crippen molar-refractivity contribution in [3.8, 4) is 11.4 Å². The zero-order valence-corrected chi connectivity index (χ0v) is 18.3. The summed E-state index contributed by atoms with van der Waals surface area (Å²) in [5.74, 6) is 1.14. The summed E-state index contributed by atoms with van der Waals surface area (Å²) < 4.78 is 30.0. The molecule has 6 nitrogen and oxygen atoms in total. The normalized spacial score (nSPS) is 14.6. The summed E-state index contributed by atoms with van der Waals surface area (Å²) in [4.78, 5) is 13.8. The summed E-state index contributed by atoms with van der Waals surface area (Å²) in [5.41, 5.74) is 2.59. The number of nitrogens with zero attached hydrogens (tertiary/aromatic N) is 4. The van der Waals surface area contributed by atoms with Crippen LogP contribution in [0.25, 0.3) is 22.6 Å². The van der Waals surface area contributed by atoms with Gasteiger partial charge in [-0.25, -0.2) is 18.7 Å². The highest BCUT2D eigenvalue weighted by atomic mass is 19.1. The molecule has 0 spiro atoms. The molecule has 8 heteroatoms. The van der Waals surface area contributed by atoms with Crippen LogP contribution in [0.5, 0.6) is 0 Å². The lowest BCUT2D eigenvalue weighted by Gasteiger charge is -2.23. The molecule has 0 unspecified atom stereocenters. The smallest absolute Gasteiger partial charge is 0.225 e. The summed E-state index contributed by atoms with van der Waals surface area (Å²) in [6, 6.07) is 13.1. The van der Waals surface area contributed by atoms with Gasteiger partial charge in [0.1, 0.15) is 23.0 Å². The van der Waals surface area contributed by atoms with E-state index in [9.17, 15) is 8.78 Å². The number of hydrogen-bond donors (Lipinski definition) is 2. The summed E-state index contributed by atoms with van der Waals surface area (Å²) in [6.07, 6.45) is 4.95. The molecular weight excluding hydrogens is 422 g/mol. The van der Waals surface area contributed by atoms with Crippen molar-refractivity contribution in [2.45, 2.75) is 32.4 Å². The molecule has 2 N–H and O–H groups in total. The first-order chi connectivity index (χ1) is 16.2. The van der Waals surface area contributed by atoms with Crippen LogP contribution in [0.3, 0.4) is 0 Å². The molecule has 0 amide bonds. The molecule has 5 rings (SSSR count). The molecule has 1 saturated heterocycles. The Balaban J connectivity index is 1.47. The van der Waals surface area contributed by atoms with Crippen molar-refractivity contribution in [2.24, 2.45) is 5.92 Å². The Hall–Kier alpha value is -3.39. The number of aromatic nitrogens is 4. The average molecular weight is 449 g/mol. The fraction of sp³-hybridized carbons (Fsp3) is 0.320. The third-order valence-electron chi connectivity index (χ3n) is 6.19. The van der Waals surface area contributed by atoms with E-state index in [4.69, 9.17) is 9.97 Å². The highest BCUT2D eigenvalue weighted by molar-refractivity contribution is 5.77. The number of imidazole rings is 1. The van der Waals surface area contributed by atoms with Crippen molar-refractivity contribution in [2.75, 3.05) is 18.4 Å². The molecule has 2 aromatic carbocycles. The fourth-order valence-corrected chi connectivity index (χ4v) is 4.36. The van der Waals surface area contributed by atoms with Gasteiger partial charge in [0.2, 0.25) is 5.95 Å². The number of fused-ring (bicyclic) bond motifs is 1. The maximum atomic E-state index is 14.0. The second-order valence-corrected chi connectivity index (χ2v) is 8.43. The molecule has 2 aromatic heterocycles. The van der Waals surface area contributed by atoms with Crippen molar-refractivity contribution in [3.63, 3.8) is 0 Å². The molecule has 0 radical (unpaired) electrons. The molecule has 4 aromatic rings. The molecule has 1 aliphatic heterocycles. The lowest BCUT2D eigenvalue weighted by Crippen LogP contribution is -2.28. The van der Waals surface area contributed by atoms with Gasteiger partial charge in [-0.05, 0) is 56.5 Å². The highest BCUT2D eigenvalue weighted by Gasteiger charge is 2.19. The Kier molecular flexibility index (Phi) is 6.26. The number of piperidine rings is 1. The van der Waals surface area contributed by atoms with Crippen molar-refractivity contribution < 1.29 is 8.78 Å². The van der Waals surface area contributed by atoms with E-state index in [1.54, 1.807) is 30.5 Å². The van der Waals surface area contributed by atoms with Gasteiger partial charge in [-0.15, -0.1) is 0 Å². The summed E-state index contributed by atoms with van der Waals surface area (Å²) in [7, 11) is 0. The minimum atomic E-state index is -0.303. The quantitative estimate of drug-likeness (QED) is 0.426. The summed E-state index contributed by atoms with van der Waals surface area (Å²) in [6.45, 7) is 3.09. The van der Waals surface area contributed by atoms with Gasteiger partial charge in [0.15, 0.2) is 5.65 Å². The van der Waals surface area contributed by atoms with Crippen LogP contribution in [0.2, 0.25) is 0 Å². The van der Waals surface area contributed by atoms with E-state index in [1.807, 2.05) is 6.07 Å². The van der Waals surface area contributed by atoms with Gasteiger partial charge >= 0.3 is 0 Å². The largest absolute Gasteiger partial charge is 0.350 e. The van der Waals surface area contributed by atoms with Crippen LogP contribution in [-0.4, -0.2) is 32.6 Å². The molecular formula is C25H26F2N6. The number of nitrogens with one attached hydrogen (secondary N) is 2. The second kappa shape index (κ2) is 9.62. The predicted molar refractivity (Wildman–Crippen MR) is 125 cm³/mol. The number of halogens is 2. The van der Waals surface area contributed by atoms with Gasteiger partial charge in [-0.2, -0.15) is 4.98 Å². The van der Waals surface area contributed by atoms with Crippen molar-refractivity contribution in [1.82, 2.24) is 24.8 Å². The fourth-order valence-electron chi connectivity index (χ4n) is 4.36.